The third-order valence-electron chi connectivity index (χ3n) is 4.73. The maximum atomic E-state index is 2.47. The van der Waals surface area contributed by atoms with Crippen molar-refractivity contribution in [2.75, 3.05) is 13.6 Å². The lowest BCUT2D eigenvalue weighted by Gasteiger charge is -2.32. The average molecular weight is 217 g/mol. The summed E-state index contributed by atoms with van der Waals surface area (Å²) in [6, 6.07) is 7.60. The van der Waals surface area contributed by atoms with Crippen molar-refractivity contribution < 1.29 is 0 Å². The van der Waals surface area contributed by atoms with Crippen LogP contribution in [-0.2, 0) is 5.41 Å². The zero-order valence-corrected chi connectivity index (χ0v) is 11.2. The van der Waals surface area contributed by atoms with Gasteiger partial charge in [0.15, 0.2) is 0 Å². The molecule has 1 heteroatoms. The second-order valence-corrected chi connectivity index (χ2v) is 5.62. The number of nitrogens with zero attached hydrogens (tertiary/aromatic N) is 1. The third-order valence-corrected chi connectivity index (χ3v) is 4.73. The fourth-order valence-corrected chi connectivity index (χ4v) is 2.78. The second kappa shape index (κ2) is 3.89. The second-order valence-electron chi connectivity index (χ2n) is 5.62. The van der Waals surface area contributed by atoms with Crippen molar-refractivity contribution in [3.63, 3.8) is 0 Å². The molecule has 1 aromatic carbocycles. The van der Waals surface area contributed by atoms with Crippen LogP contribution >= 0.6 is 0 Å². The summed E-state index contributed by atoms with van der Waals surface area (Å²) in [6.07, 6.45) is 1.27. The lowest BCUT2D eigenvalue weighted by Crippen LogP contribution is -2.36. The zero-order valence-electron chi connectivity index (χ0n) is 11.2. The van der Waals surface area contributed by atoms with Crippen LogP contribution in [0.5, 0.6) is 0 Å². The Morgan fingerprint density at radius 3 is 2.44 bits per heavy atom. The minimum atomic E-state index is 0.327. The van der Waals surface area contributed by atoms with Gasteiger partial charge in [0.05, 0.1) is 0 Å². The molecule has 1 saturated heterocycles. The van der Waals surface area contributed by atoms with Crippen molar-refractivity contribution in [3.05, 3.63) is 34.9 Å². The number of likely N-dealkylation sites (N-methyl/N-ethyl adjacent to an activating group) is 1. The molecule has 2 rings (SSSR count). The Morgan fingerprint density at radius 1 is 1.25 bits per heavy atom. The predicted molar refractivity (Wildman–Crippen MR) is 70.0 cm³/mol. The summed E-state index contributed by atoms with van der Waals surface area (Å²) in [5, 5.41) is 0. The molecule has 0 radical (unpaired) electrons. The molecule has 1 aliphatic rings. The third kappa shape index (κ3) is 1.67. The Morgan fingerprint density at radius 2 is 1.94 bits per heavy atom. The molecule has 1 aliphatic heterocycles. The average Bonchev–Trinajstić information content (AvgIpc) is 2.52. The highest BCUT2D eigenvalue weighted by Crippen LogP contribution is 2.39. The fourth-order valence-electron chi connectivity index (χ4n) is 2.78. The van der Waals surface area contributed by atoms with Gasteiger partial charge in [-0.2, -0.15) is 0 Å². The summed E-state index contributed by atoms with van der Waals surface area (Å²) in [6.45, 7) is 10.4. The van der Waals surface area contributed by atoms with E-state index in [0.717, 1.165) is 0 Å². The van der Waals surface area contributed by atoms with Crippen LogP contribution in [0.2, 0.25) is 0 Å². The molecule has 0 saturated carbocycles. The van der Waals surface area contributed by atoms with Crippen LogP contribution in [0.15, 0.2) is 18.2 Å². The zero-order chi connectivity index (χ0) is 11.9. The highest BCUT2D eigenvalue weighted by molar-refractivity contribution is 5.36. The molecule has 0 aliphatic carbocycles. The van der Waals surface area contributed by atoms with Gasteiger partial charge in [-0.25, -0.2) is 0 Å². The van der Waals surface area contributed by atoms with Crippen LogP contribution in [0.3, 0.4) is 0 Å². The number of aryl methyl sites for hydroxylation is 2. The first kappa shape index (κ1) is 11.7. The van der Waals surface area contributed by atoms with Crippen molar-refractivity contribution in [1.82, 2.24) is 4.90 Å². The van der Waals surface area contributed by atoms with Gasteiger partial charge in [0, 0.05) is 11.5 Å². The van der Waals surface area contributed by atoms with Gasteiger partial charge in [-0.15, -0.1) is 0 Å². The minimum Gasteiger partial charge on any atom is -0.303 e. The van der Waals surface area contributed by atoms with Crippen molar-refractivity contribution in [2.24, 2.45) is 0 Å². The van der Waals surface area contributed by atoms with Crippen molar-refractivity contribution in [1.29, 1.82) is 0 Å². The van der Waals surface area contributed by atoms with E-state index >= 15 is 0 Å². The Bertz CT molecular complexity index is 396. The highest BCUT2D eigenvalue weighted by atomic mass is 15.2. The van der Waals surface area contributed by atoms with Crippen LogP contribution in [0.4, 0.5) is 0 Å². The Kier molecular flexibility index (Phi) is 2.83. The first-order valence-electron chi connectivity index (χ1n) is 6.23. The van der Waals surface area contributed by atoms with Crippen LogP contribution in [0, 0.1) is 13.8 Å². The smallest absolute Gasteiger partial charge is 0.0159 e. The molecule has 0 bridgehead atoms. The summed E-state index contributed by atoms with van der Waals surface area (Å²) in [5.41, 5.74) is 4.65. The first-order valence-corrected chi connectivity index (χ1v) is 6.23. The maximum Gasteiger partial charge on any atom is 0.0159 e. The van der Waals surface area contributed by atoms with E-state index in [4.69, 9.17) is 0 Å². The molecule has 1 fully saturated rings. The quantitative estimate of drug-likeness (QED) is 0.698. The van der Waals surface area contributed by atoms with E-state index in [9.17, 15) is 0 Å². The van der Waals surface area contributed by atoms with Gasteiger partial charge < -0.3 is 4.90 Å². The lowest BCUT2D eigenvalue weighted by molar-refractivity contribution is 0.275. The van der Waals surface area contributed by atoms with Crippen molar-refractivity contribution in [2.45, 2.75) is 45.6 Å². The van der Waals surface area contributed by atoms with Gasteiger partial charge in [0.25, 0.3) is 0 Å². The summed E-state index contributed by atoms with van der Waals surface area (Å²) in [5.74, 6) is 0. The lowest BCUT2D eigenvalue weighted by atomic mass is 9.76. The van der Waals surface area contributed by atoms with Gasteiger partial charge >= 0.3 is 0 Å². The predicted octanol–water partition coefficient (Wildman–Crippen LogP) is 3.29. The molecular weight excluding hydrogens is 194 g/mol. The molecule has 2 unspecified atom stereocenters. The fraction of sp³-hybridized carbons (Fsp3) is 0.600. The molecule has 2 atom stereocenters. The van der Waals surface area contributed by atoms with Gasteiger partial charge in [-0.3, -0.25) is 0 Å². The summed E-state index contributed by atoms with van der Waals surface area (Å²) < 4.78 is 0. The molecule has 1 aromatic rings. The number of benzene rings is 1. The largest absolute Gasteiger partial charge is 0.303 e. The molecule has 1 nitrogen and oxygen atoms in total. The van der Waals surface area contributed by atoms with Crippen LogP contribution < -0.4 is 0 Å². The normalized spacial score (nSPS) is 30.9. The molecule has 0 aromatic heterocycles. The number of rotatable bonds is 1. The number of hydrogen-bond acceptors (Lipinski definition) is 1. The van der Waals surface area contributed by atoms with E-state index in [1.165, 1.54) is 29.7 Å². The van der Waals surface area contributed by atoms with E-state index in [1.807, 2.05) is 0 Å². The van der Waals surface area contributed by atoms with Gasteiger partial charge in [0.1, 0.15) is 0 Å². The Hall–Kier alpha value is -0.820. The molecule has 88 valence electrons. The van der Waals surface area contributed by atoms with Gasteiger partial charge in [-0.05, 0) is 57.5 Å². The van der Waals surface area contributed by atoms with E-state index in [1.54, 1.807) is 0 Å². The number of hydrogen-bond donors (Lipinski definition) is 0. The Labute approximate surface area is 99.5 Å². The molecule has 16 heavy (non-hydrogen) atoms. The SMILES string of the molecule is Cc1ccc(C2(C)CCN(C)C2C)cc1C. The monoisotopic (exact) mass is 217 g/mol. The minimum absolute atomic E-state index is 0.327. The topological polar surface area (TPSA) is 3.24 Å². The molecule has 0 amide bonds. The number of likely N-dealkylation sites (tertiary alicyclic amines) is 1. The van der Waals surface area contributed by atoms with Crippen LogP contribution in [-0.4, -0.2) is 24.5 Å². The molecule has 1 heterocycles. The summed E-state index contributed by atoms with van der Waals surface area (Å²) in [4.78, 5) is 2.47. The van der Waals surface area contributed by atoms with Crippen LogP contribution in [0.25, 0.3) is 0 Å². The molecule has 0 N–H and O–H groups in total. The summed E-state index contributed by atoms with van der Waals surface area (Å²) in [7, 11) is 2.23. The van der Waals surface area contributed by atoms with E-state index < -0.39 is 0 Å². The van der Waals surface area contributed by atoms with E-state index in [2.05, 4.69) is 57.8 Å². The summed E-state index contributed by atoms with van der Waals surface area (Å²) >= 11 is 0. The van der Waals surface area contributed by atoms with Gasteiger partial charge in [0.2, 0.25) is 0 Å². The van der Waals surface area contributed by atoms with E-state index in [0.29, 0.717) is 11.5 Å². The van der Waals surface area contributed by atoms with Crippen LogP contribution in [0.1, 0.15) is 37.0 Å². The molecule has 0 spiro atoms. The highest BCUT2D eigenvalue weighted by Gasteiger charge is 2.40. The first-order chi connectivity index (χ1) is 7.45. The van der Waals surface area contributed by atoms with Crippen molar-refractivity contribution in [3.8, 4) is 0 Å². The Balaban J connectivity index is 2.40. The standard InChI is InChI=1S/C15H23N/c1-11-6-7-14(10-12(11)2)15(4)8-9-16(5)13(15)3/h6-7,10,13H,8-9H2,1-5H3. The van der Waals surface area contributed by atoms with E-state index in [-0.39, 0.29) is 0 Å². The molecular formula is C15H23N. The van der Waals surface area contributed by atoms with Gasteiger partial charge in [-0.1, -0.05) is 25.1 Å². The maximum absolute atomic E-state index is 2.47. The van der Waals surface area contributed by atoms with Crippen molar-refractivity contribution >= 4 is 0 Å².